The highest BCUT2D eigenvalue weighted by atomic mass is 32.2. The molecule has 0 radical (unpaired) electrons. The smallest absolute Gasteiger partial charge is 0.268 e. The monoisotopic (exact) mass is 212 g/mol. The van der Waals surface area contributed by atoms with E-state index in [4.69, 9.17) is 0 Å². The summed E-state index contributed by atoms with van der Waals surface area (Å²) in [7, 11) is -1.66. The van der Waals surface area contributed by atoms with Crippen molar-refractivity contribution in [2.24, 2.45) is 0 Å². The summed E-state index contributed by atoms with van der Waals surface area (Å²) in [6, 6.07) is 3.65. The lowest BCUT2D eigenvalue weighted by Gasteiger charge is -1.93. The summed E-state index contributed by atoms with van der Waals surface area (Å²) in [6.45, 7) is 0. The number of amides is 1. The van der Waals surface area contributed by atoms with Gasteiger partial charge in [-0.2, -0.15) is 0 Å². The molecule has 14 heavy (non-hydrogen) atoms. The fraction of sp³-hybridized carbons (Fsp3) is 0. The molecule has 1 aromatic carbocycles. The van der Waals surface area contributed by atoms with E-state index in [1.54, 1.807) is 0 Å². The Morgan fingerprint density at radius 1 is 1.43 bits per heavy atom. The van der Waals surface area contributed by atoms with Gasteiger partial charge in [-0.1, -0.05) is 0 Å². The molecule has 0 aromatic heterocycles. The van der Waals surface area contributed by atoms with E-state index in [1.165, 1.54) is 12.1 Å². The van der Waals surface area contributed by atoms with Crippen LogP contribution >= 0.6 is 0 Å². The van der Waals surface area contributed by atoms with Crippen molar-refractivity contribution >= 4 is 22.6 Å². The number of non-ortho nitro benzene ring substituents is 1. The van der Waals surface area contributed by atoms with E-state index in [0.29, 0.717) is 0 Å². The van der Waals surface area contributed by atoms with E-state index in [2.05, 4.69) is 4.72 Å². The van der Waals surface area contributed by atoms with Crippen LogP contribution in [0.4, 0.5) is 5.69 Å². The summed E-state index contributed by atoms with van der Waals surface area (Å²) in [5, 5.41) is 10.4. The molecular weight excluding hydrogens is 208 g/mol. The van der Waals surface area contributed by atoms with Crippen molar-refractivity contribution in [3.63, 3.8) is 0 Å². The molecule has 1 aromatic rings. The van der Waals surface area contributed by atoms with Crippen molar-refractivity contribution < 1.29 is 13.9 Å². The zero-order valence-electron chi connectivity index (χ0n) is 6.72. The highest BCUT2D eigenvalue weighted by Crippen LogP contribution is 2.24. The lowest BCUT2D eigenvalue weighted by Crippen LogP contribution is -2.15. The fourth-order valence-corrected chi connectivity index (χ4v) is 2.14. The molecule has 6 nitrogen and oxygen atoms in total. The Kier molecular flexibility index (Phi) is 1.81. The van der Waals surface area contributed by atoms with Crippen LogP contribution in [-0.2, 0) is 11.0 Å². The number of benzene rings is 1. The molecule has 0 aliphatic carbocycles. The van der Waals surface area contributed by atoms with Crippen molar-refractivity contribution in [3.05, 3.63) is 33.9 Å². The number of carbonyl (C=O) groups is 1. The standard InChI is InChI=1S/C7H4N2O4S/c10-7-5-2-1-4(9(11)12)3-6(5)14(13)8-7/h1-3H,(H,8,10). The third-order valence-electron chi connectivity index (χ3n) is 1.81. The third kappa shape index (κ3) is 1.18. The van der Waals surface area contributed by atoms with Crippen LogP contribution in [0.25, 0.3) is 0 Å². The van der Waals surface area contributed by atoms with Gasteiger partial charge in [0.1, 0.15) is 0 Å². The van der Waals surface area contributed by atoms with Gasteiger partial charge in [-0.25, -0.2) is 4.21 Å². The minimum absolute atomic E-state index is 0.171. The highest BCUT2D eigenvalue weighted by Gasteiger charge is 2.27. The molecule has 0 saturated heterocycles. The molecule has 0 spiro atoms. The van der Waals surface area contributed by atoms with Gasteiger partial charge >= 0.3 is 0 Å². The van der Waals surface area contributed by atoms with Crippen LogP contribution in [0.2, 0.25) is 0 Å². The van der Waals surface area contributed by atoms with Crippen LogP contribution < -0.4 is 4.72 Å². The first-order valence-corrected chi connectivity index (χ1v) is 4.76. The number of nitrogens with one attached hydrogen (secondary N) is 1. The predicted octanol–water partition coefficient (Wildman–Crippen LogP) is 0.361. The number of nitrogens with zero attached hydrogens (tertiary/aromatic N) is 1. The van der Waals surface area contributed by atoms with Gasteiger partial charge in [0.25, 0.3) is 11.6 Å². The molecule has 1 unspecified atom stereocenters. The maximum absolute atomic E-state index is 11.2. The lowest BCUT2D eigenvalue weighted by molar-refractivity contribution is -0.385. The number of hydrogen-bond acceptors (Lipinski definition) is 4. The molecule has 72 valence electrons. The maximum Gasteiger partial charge on any atom is 0.270 e. The lowest BCUT2D eigenvalue weighted by atomic mass is 10.2. The van der Waals surface area contributed by atoms with Crippen LogP contribution in [0.3, 0.4) is 0 Å². The van der Waals surface area contributed by atoms with E-state index >= 15 is 0 Å². The summed E-state index contributed by atoms with van der Waals surface area (Å²) in [4.78, 5) is 21.0. The van der Waals surface area contributed by atoms with E-state index in [0.717, 1.165) is 6.07 Å². The van der Waals surface area contributed by atoms with Crippen LogP contribution in [-0.4, -0.2) is 15.0 Å². The van der Waals surface area contributed by atoms with E-state index in [9.17, 15) is 19.1 Å². The van der Waals surface area contributed by atoms with E-state index < -0.39 is 21.8 Å². The number of nitro benzene ring substituents is 1. The van der Waals surface area contributed by atoms with Gasteiger partial charge in [0, 0.05) is 12.1 Å². The molecular formula is C7H4N2O4S. The summed E-state index contributed by atoms with van der Waals surface area (Å²) in [6.07, 6.45) is 0. The van der Waals surface area contributed by atoms with Crippen molar-refractivity contribution in [3.8, 4) is 0 Å². The van der Waals surface area contributed by atoms with Gasteiger partial charge in [-0.05, 0) is 6.07 Å². The van der Waals surface area contributed by atoms with Crippen LogP contribution in [0, 0.1) is 10.1 Å². The largest absolute Gasteiger partial charge is 0.270 e. The summed E-state index contributed by atoms with van der Waals surface area (Å²) >= 11 is 0. The second-order valence-electron chi connectivity index (χ2n) is 2.64. The molecule has 0 fully saturated rings. The highest BCUT2D eigenvalue weighted by molar-refractivity contribution is 7.84. The molecule has 1 atom stereocenters. The second-order valence-corrected chi connectivity index (χ2v) is 3.82. The molecule has 1 aliphatic heterocycles. The van der Waals surface area contributed by atoms with Crippen LogP contribution in [0.15, 0.2) is 23.1 Å². The Balaban J connectivity index is 2.61. The Bertz CT molecular complexity index is 471. The Morgan fingerprint density at radius 2 is 2.14 bits per heavy atom. The number of nitro groups is 1. The number of fused-ring (bicyclic) bond motifs is 1. The van der Waals surface area contributed by atoms with Crippen LogP contribution in [0.1, 0.15) is 10.4 Å². The minimum atomic E-state index is -1.66. The molecule has 1 amide bonds. The quantitative estimate of drug-likeness (QED) is 0.537. The Hall–Kier alpha value is -1.76. The summed E-state index contributed by atoms with van der Waals surface area (Å²) < 4.78 is 13.4. The second kappa shape index (κ2) is 2.88. The Morgan fingerprint density at radius 3 is 2.79 bits per heavy atom. The van der Waals surface area contributed by atoms with Crippen molar-refractivity contribution in [1.82, 2.24) is 4.72 Å². The first-order chi connectivity index (χ1) is 6.59. The van der Waals surface area contributed by atoms with Crippen molar-refractivity contribution in [1.29, 1.82) is 0 Å². The first-order valence-electron chi connectivity index (χ1n) is 3.61. The topological polar surface area (TPSA) is 89.3 Å². The molecule has 0 saturated carbocycles. The minimum Gasteiger partial charge on any atom is -0.268 e. The summed E-state index contributed by atoms with van der Waals surface area (Å²) in [5.74, 6) is -0.465. The van der Waals surface area contributed by atoms with Gasteiger partial charge < -0.3 is 0 Å². The third-order valence-corrected chi connectivity index (χ3v) is 2.91. The molecule has 7 heteroatoms. The summed E-state index contributed by atoms with van der Waals surface area (Å²) in [5.41, 5.74) is 0.0579. The molecule has 2 rings (SSSR count). The fourth-order valence-electron chi connectivity index (χ4n) is 1.16. The average Bonchev–Trinajstić information content (AvgIpc) is 2.42. The zero-order valence-corrected chi connectivity index (χ0v) is 7.54. The predicted molar refractivity (Wildman–Crippen MR) is 47.0 cm³/mol. The van der Waals surface area contributed by atoms with Gasteiger partial charge in [-0.3, -0.25) is 19.6 Å². The molecule has 0 bridgehead atoms. The van der Waals surface area contributed by atoms with Crippen LogP contribution in [0.5, 0.6) is 0 Å². The number of carbonyl (C=O) groups excluding carboxylic acids is 1. The SMILES string of the molecule is O=C1NS(=O)c2cc([N+](=O)[O-])ccc21. The van der Waals surface area contributed by atoms with Gasteiger partial charge in [0.15, 0.2) is 11.0 Å². The van der Waals surface area contributed by atoms with E-state index in [-0.39, 0.29) is 16.1 Å². The number of rotatable bonds is 1. The van der Waals surface area contributed by atoms with E-state index in [1.807, 2.05) is 0 Å². The van der Waals surface area contributed by atoms with Gasteiger partial charge in [0.05, 0.1) is 15.4 Å². The van der Waals surface area contributed by atoms with Gasteiger partial charge in [0.2, 0.25) is 0 Å². The number of hydrogen-bond donors (Lipinski definition) is 1. The Labute approximate surface area is 80.7 Å². The molecule has 1 N–H and O–H groups in total. The van der Waals surface area contributed by atoms with Crippen molar-refractivity contribution in [2.45, 2.75) is 4.90 Å². The average molecular weight is 212 g/mol. The maximum atomic E-state index is 11.2. The van der Waals surface area contributed by atoms with Crippen molar-refractivity contribution in [2.75, 3.05) is 0 Å². The van der Waals surface area contributed by atoms with Gasteiger partial charge in [-0.15, -0.1) is 0 Å². The molecule has 1 heterocycles. The first kappa shape index (κ1) is 8.82. The zero-order chi connectivity index (χ0) is 10.3. The normalized spacial score (nSPS) is 18.9. The molecule has 1 aliphatic rings.